The van der Waals surface area contributed by atoms with Crippen molar-refractivity contribution in [3.63, 3.8) is 0 Å². The van der Waals surface area contributed by atoms with E-state index in [1.807, 2.05) is 6.20 Å². The zero-order valence-electron chi connectivity index (χ0n) is 8.83. The summed E-state index contributed by atoms with van der Waals surface area (Å²) in [6, 6.07) is 0.0208. The van der Waals surface area contributed by atoms with Gasteiger partial charge in [0.15, 0.2) is 0 Å². The van der Waals surface area contributed by atoms with Crippen molar-refractivity contribution in [2.45, 2.75) is 39.7 Å². The minimum absolute atomic E-state index is 0.0208. The van der Waals surface area contributed by atoms with E-state index in [2.05, 4.69) is 37.7 Å². The molecule has 0 aromatic carbocycles. The first-order chi connectivity index (χ1) is 6.02. The van der Waals surface area contributed by atoms with Crippen molar-refractivity contribution >= 4 is 0 Å². The zero-order valence-corrected chi connectivity index (χ0v) is 8.83. The molecule has 0 spiro atoms. The number of imidazole rings is 1. The van der Waals surface area contributed by atoms with E-state index in [1.54, 1.807) is 0 Å². The van der Waals surface area contributed by atoms with Crippen LogP contribution in [-0.2, 0) is 0 Å². The molecular weight excluding hydrogens is 162 g/mol. The highest BCUT2D eigenvalue weighted by Gasteiger charge is 2.14. The number of H-pyrrole nitrogens is 1. The Morgan fingerprint density at radius 3 is 2.31 bits per heavy atom. The molecule has 0 bridgehead atoms. The third kappa shape index (κ3) is 2.31. The molecule has 1 aromatic heterocycles. The molecule has 0 aliphatic rings. The summed E-state index contributed by atoms with van der Waals surface area (Å²) >= 11 is 0. The van der Waals surface area contributed by atoms with E-state index in [4.69, 9.17) is 5.73 Å². The van der Waals surface area contributed by atoms with Gasteiger partial charge in [-0.3, -0.25) is 0 Å². The lowest BCUT2D eigenvalue weighted by molar-refractivity contribution is 0.493. The van der Waals surface area contributed by atoms with E-state index >= 15 is 0 Å². The molecule has 3 N–H and O–H groups in total. The van der Waals surface area contributed by atoms with Gasteiger partial charge in [0.25, 0.3) is 0 Å². The van der Waals surface area contributed by atoms with Crippen molar-refractivity contribution in [3.05, 3.63) is 17.7 Å². The summed E-state index contributed by atoms with van der Waals surface area (Å²) in [5.74, 6) is 1.81. The van der Waals surface area contributed by atoms with Gasteiger partial charge in [-0.15, -0.1) is 0 Å². The Balaban J connectivity index is 2.79. The molecule has 0 radical (unpaired) electrons. The molecule has 1 atom stereocenters. The molecule has 1 heterocycles. The number of aromatic nitrogens is 2. The predicted octanol–water partition coefficient (Wildman–Crippen LogP) is 2.19. The SMILES string of the molecule is CC(C)c1cnc(C(N)C(C)C)[nH]1. The van der Waals surface area contributed by atoms with Crippen LogP contribution in [0.5, 0.6) is 0 Å². The Morgan fingerprint density at radius 1 is 1.31 bits per heavy atom. The van der Waals surface area contributed by atoms with Gasteiger partial charge in [-0.25, -0.2) is 4.98 Å². The first kappa shape index (κ1) is 10.3. The minimum Gasteiger partial charge on any atom is -0.344 e. The van der Waals surface area contributed by atoms with Crippen LogP contribution in [-0.4, -0.2) is 9.97 Å². The largest absolute Gasteiger partial charge is 0.344 e. The molecule has 0 amide bonds. The number of nitrogens with zero attached hydrogens (tertiary/aromatic N) is 1. The van der Waals surface area contributed by atoms with Gasteiger partial charge in [-0.1, -0.05) is 27.7 Å². The summed E-state index contributed by atoms with van der Waals surface area (Å²) in [6.07, 6.45) is 1.88. The standard InChI is InChI=1S/C10H19N3/c1-6(2)8-5-12-10(13-8)9(11)7(3)4/h5-7,9H,11H2,1-4H3,(H,12,13). The van der Waals surface area contributed by atoms with Crippen LogP contribution < -0.4 is 5.73 Å². The van der Waals surface area contributed by atoms with E-state index in [1.165, 1.54) is 0 Å². The summed E-state index contributed by atoms with van der Waals surface area (Å²) in [5.41, 5.74) is 7.12. The molecule has 74 valence electrons. The summed E-state index contributed by atoms with van der Waals surface area (Å²) in [7, 11) is 0. The highest BCUT2D eigenvalue weighted by molar-refractivity contribution is 5.08. The lowest BCUT2D eigenvalue weighted by Gasteiger charge is -2.12. The monoisotopic (exact) mass is 181 g/mol. The van der Waals surface area contributed by atoms with Gasteiger partial charge in [0.1, 0.15) is 5.82 Å². The van der Waals surface area contributed by atoms with Crippen molar-refractivity contribution in [3.8, 4) is 0 Å². The van der Waals surface area contributed by atoms with Crippen molar-refractivity contribution in [2.24, 2.45) is 11.7 Å². The summed E-state index contributed by atoms with van der Waals surface area (Å²) in [5, 5.41) is 0. The Bertz CT molecular complexity index is 263. The number of nitrogens with one attached hydrogen (secondary N) is 1. The topological polar surface area (TPSA) is 54.7 Å². The molecule has 3 nitrogen and oxygen atoms in total. The molecule has 0 aliphatic heterocycles. The van der Waals surface area contributed by atoms with Crippen LogP contribution >= 0.6 is 0 Å². The minimum atomic E-state index is 0.0208. The van der Waals surface area contributed by atoms with Gasteiger partial charge in [0.2, 0.25) is 0 Å². The van der Waals surface area contributed by atoms with Gasteiger partial charge < -0.3 is 10.7 Å². The van der Waals surface area contributed by atoms with Crippen LogP contribution in [0.3, 0.4) is 0 Å². The molecule has 0 aliphatic carbocycles. The Morgan fingerprint density at radius 2 is 1.92 bits per heavy atom. The molecular formula is C10H19N3. The maximum atomic E-state index is 5.96. The molecule has 1 rings (SSSR count). The molecule has 1 aromatic rings. The third-order valence-corrected chi connectivity index (χ3v) is 2.27. The second kappa shape index (κ2) is 3.92. The maximum absolute atomic E-state index is 5.96. The average molecular weight is 181 g/mol. The normalized spacial score (nSPS) is 14.1. The van der Waals surface area contributed by atoms with Gasteiger partial charge in [-0.05, 0) is 11.8 Å². The number of rotatable bonds is 3. The average Bonchev–Trinajstić information content (AvgIpc) is 2.50. The molecule has 0 saturated carbocycles. The van der Waals surface area contributed by atoms with Crippen LogP contribution in [0.15, 0.2) is 6.20 Å². The van der Waals surface area contributed by atoms with Crippen LogP contribution in [0.25, 0.3) is 0 Å². The molecule has 13 heavy (non-hydrogen) atoms. The Hall–Kier alpha value is -0.830. The van der Waals surface area contributed by atoms with Crippen molar-refractivity contribution in [2.75, 3.05) is 0 Å². The first-order valence-electron chi connectivity index (χ1n) is 4.82. The van der Waals surface area contributed by atoms with E-state index in [0.717, 1.165) is 11.5 Å². The van der Waals surface area contributed by atoms with Gasteiger partial charge in [-0.2, -0.15) is 0 Å². The van der Waals surface area contributed by atoms with Crippen LogP contribution in [0.4, 0.5) is 0 Å². The number of hydrogen-bond donors (Lipinski definition) is 2. The fourth-order valence-electron chi connectivity index (χ4n) is 1.13. The van der Waals surface area contributed by atoms with Gasteiger partial charge >= 0.3 is 0 Å². The zero-order chi connectivity index (χ0) is 10.0. The first-order valence-corrected chi connectivity index (χ1v) is 4.82. The maximum Gasteiger partial charge on any atom is 0.123 e. The smallest absolute Gasteiger partial charge is 0.123 e. The molecule has 1 unspecified atom stereocenters. The second-order valence-electron chi connectivity index (χ2n) is 4.15. The third-order valence-electron chi connectivity index (χ3n) is 2.27. The fraction of sp³-hybridized carbons (Fsp3) is 0.700. The van der Waals surface area contributed by atoms with Crippen LogP contribution in [0, 0.1) is 5.92 Å². The molecule has 0 saturated heterocycles. The van der Waals surface area contributed by atoms with Crippen LogP contribution in [0.2, 0.25) is 0 Å². The van der Waals surface area contributed by atoms with Crippen molar-refractivity contribution < 1.29 is 0 Å². The Labute approximate surface area is 79.8 Å². The quantitative estimate of drug-likeness (QED) is 0.751. The van der Waals surface area contributed by atoms with Crippen molar-refractivity contribution in [1.29, 1.82) is 0 Å². The lowest BCUT2D eigenvalue weighted by atomic mass is 10.1. The number of hydrogen-bond acceptors (Lipinski definition) is 2. The van der Waals surface area contributed by atoms with Crippen LogP contribution in [0.1, 0.15) is 51.2 Å². The van der Waals surface area contributed by atoms with Gasteiger partial charge in [0, 0.05) is 11.9 Å². The van der Waals surface area contributed by atoms with E-state index in [-0.39, 0.29) is 6.04 Å². The summed E-state index contributed by atoms with van der Waals surface area (Å²) in [4.78, 5) is 7.54. The highest BCUT2D eigenvalue weighted by Crippen LogP contribution is 2.18. The van der Waals surface area contributed by atoms with Crippen molar-refractivity contribution in [1.82, 2.24) is 9.97 Å². The number of nitrogens with two attached hydrogens (primary N) is 1. The molecule has 3 heteroatoms. The lowest BCUT2D eigenvalue weighted by Crippen LogP contribution is -2.18. The van der Waals surface area contributed by atoms with E-state index in [0.29, 0.717) is 11.8 Å². The van der Waals surface area contributed by atoms with Gasteiger partial charge in [0.05, 0.1) is 6.04 Å². The number of aromatic amines is 1. The fourth-order valence-corrected chi connectivity index (χ4v) is 1.13. The predicted molar refractivity (Wildman–Crippen MR) is 54.4 cm³/mol. The summed E-state index contributed by atoms with van der Waals surface area (Å²) < 4.78 is 0. The highest BCUT2D eigenvalue weighted by atomic mass is 15.0. The second-order valence-corrected chi connectivity index (χ2v) is 4.15. The van der Waals surface area contributed by atoms with E-state index < -0.39 is 0 Å². The van der Waals surface area contributed by atoms with E-state index in [9.17, 15) is 0 Å². The molecule has 0 fully saturated rings. The summed E-state index contributed by atoms with van der Waals surface area (Å²) in [6.45, 7) is 8.47. The Kier molecular flexibility index (Phi) is 3.09.